The predicted molar refractivity (Wildman–Crippen MR) is 81.0 cm³/mol. The highest BCUT2D eigenvalue weighted by molar-refractivity contribution is 7.86. The molecule has 1 saturated heterocycles. The first-order valence-corrected chi connectivity index (χ1v) is 8.97. The fourth-order valence-corrected chi connectivity index (χ4v) is 4.83. The summed E-state index contributed by atoms with van der Waals surface area (Å²) in [6.07, 6.45) is -0.0575. The molecular formula is C13H22N2O3S2. The average Bonchev–Trinajstić information content (AvgIpc) is 2.78. The smallest absolute Gasteiger partial charge is 0.282 e. The molecule has 0 N–H and O–H groups in total. The van der Waals surface area contributed by atoms with Gasteiger partial charge in [0.15, 0.2) is 0 Å². The Balaban J connectivity index is 2.14. The van der Waals surface area contributed by atoms with Gasteiger partial charge in [0.05, 0.1) is 12.7 Å². The van der Waals surface area contributed by atoms with Gasteiger partial charge in [-0.25, -0.2) is 0 Å². The van der Waals surface area contributed by atoms with E-state index in [1.807, 2.05) is 32.2 Å². The number of morpholine rings is 1. The molecule has 7 heteroatoms. The molecule has 0 aromatic carbocycles. The van der Waals surface area contributed by atoms with Gasteiger partial charge in [0, 0.05) is 31.1 Å². The molecule has 20 heavy (non-hydrogen) atoms. The zero-order chi connectivity index (χ0) is 14.9. The molecular weight excluding hydrogens is 296 g/mol. The van der Waals surface area contributed by atoms with Gasteiger partial charge in [-0.1, -0.05) is 0 Å². The van der Waals surface area contributed by atoms with Crippen molar-refractivity contribution in [2.24, 2.45) is 0 Å². The summed E-state index contributed by atoms with van der Waals surface area (Å²) in [5.74, 6) is 0. The van der Waals surface area contributed by atoms with Crippen molar-refractivity contribution in [3.8, 4) is 0 Å². The largest absolute Gasteiger partial charge is 0.375 e. The van der Waals surface area contributed by atoms with Crippen molar-refractivity contribution in [1.82, 2.24) is 8.61 Å². The van der Waals surface area contributed by atoms with E-state index in [0.717, 1.165) is 10.4 Å². The van der Waals surface area contributed by atoms with Gasteiger partial charge >= 0.3 is 0 Å². The third kappa shape index (κ3) is 3.23. The highest BCUT2D eigenvalue weighted by Gasteiger charge is 2.35. The average molecular weight is 318 g/mol. The number of ether oxygens (including phenoxy) is 1. The van der Waals surface area contributed by atoms with E-state index in [4.69, 9.17) is 4.74 Å². The van der Waals surface area contributed by atoms with Crippen molar-refractivity contribution in [2.45, 2.75) is 39.5 Å². The Morgan fingerprint density at radius 1 is 1.50 bits per heavy atom. The van der Waals surface area contributed by atoms with Crippen LogP contribution in [0.4, 0.5) is 0 Å². The minimum absolute atomic E-state index is 0.0575. The fourth-order valence-electron chi connectivity index (χ4n) is 2.22. The SMILES string of the molecule is Cc1ccsc1CN(C)S(=O)(=O)N1C[C@@H](C)OC[C@H]1C. The molecule has 2 rings (SSSR count). The van der Waals surface area contributed by atoms with E-state index < -0.39 is 10.2 Å². The highest BCUT2D eigenvalue weighted by Crippen LogP contribution is 2.22. The first-order chi connectivity index (χ1) is 9.32. The molecule has 5 nitrogen and oxygen atoms in total. The Kier molecular flexibility index (Phi) is 4.86. The van der Waals surface area contributed by atoms with Gasteiger partial charge in [0.25, 0.3) is 10.2 Å². The van der Waals surface area contributed by atoms with Crippen LogP contribution < -0.4 is 0 Å². The van der Waals surface area contributed by atoms with Gasteiger partial charge in [-0.15, -0.1) is 11.3 Å². The normalized spacial score (nSPS) is 25.2. The number of nitrogens with zero attached hydrogens (tertiary/aromatic N) is 2. The van der Waals surface area contributed by atoms with E-state index in [2.05, 4.69) is 0 Å². The number of aryl methyl sites for hydroxylation is 1. The zero-order valence-electron chi connectivity index (χ0n) is 12.4. The Hall–Kier alpha value is -0.470. The van der Waals surface area contributed by atoms with Crippen LogP contribution in [0.5, 0.6) is 0 Å². The van der Waals surface area contributed by atoms with Crippen LogP contribution in [0.15, 0.2) is 11.4 Å². The van der Waals surface area contributed by atoms with Gasteiger partial charge in [0.2, 0.25) is 0 Å². The van der Waals surface area contributed by atoms with Crippen molar-refractivity contribution >= 4 is 21.5 Å². The lowest BCUT2D eigenvalue weighted by atomic mass is 10.2. The maximum atomic E-state index is 12.7. The zero-order valence-corrected chi connectivity index (χ0v) is 14.0. The summed E-state index contributed by atoms with van der Waals surface area (Å²) in [5, 5.41) is 1.99. The molecule has 0 spiro atoms. The minimum Gasteiger partial charge on any atom is -0.375 e. The minimum atomic E-state index is -3.44. The van der Waals surface area contributed by atoms with E-state index in [9.17, 15) is 8.42 Å². The molecule has 1 aliphatic rings. The quantitative estimate of drug-likeness (QED) is 0.851. The Bertz CT molecular complexity index is 556. The van der Waals surface area contributed by atoms with Gasteiger partial charge in [-0.05, 0) is 37.8 Å². The van der Waals surface area contributed by atoms with Crippen molar-refractivity contribution in [2.75, 3.05) is 20.2 Å². The molecule has 114 valence electrons. The third-order valence-corrected chi connectivity index (χ3v) is 6.60. The molecule has 0 aliphatic carbocycles. The van der Waals surface area contributed by atoms with E-state index in [1.54, 1.807) is 22.7 Å². The van der Waals surface area contributed by atoms with Crippen molar-refractivity contribution in [3.05, 3.63) is 21.9 Å². The molecule has 2 atom stereocenters. The highest BCUT2D eigenvalue weighted by atomic mass is 32.2. The van der Waals surface area contributed by atoms with E-state index in [0.29, 0.717) is 19.7 Å². The number of hydrogen-bond acceptors (Lipinski definition) is 4. The lowest BCUT2D eigenvalue weighted by molar-refractivity contribution is -0.0188. The lowest BCUT2D eigenvalue weighted by Crippen LogP contribution is -2.53. The first kappa shape index (κ1) is 15.9. The molecule has 1 aliphatic heterocycles. The van der Waals surface area contributed by atoms with E-state index >= 15 is 0 Å². The standard InChI is InChI=1S/C13H22N2O3S2/c1-10-5-6-19-13(10)8-14(4)20(16,17)15-7-12(3)18-9-11(15)2/h5-6,11-12H,7-9H2,1-4H3/t11-,12-/m1/s1. The maximum Gasteiger partial charge on any atom is 0.282 e. The lowest BCUT2D eigenvalue weighted by Gasteiger charge is -2.37. The third-order valence-electron chi connectivity index (χ3n) is 3.58. The second-order valence-electron chi connectivity index (χ2n) is 5.35. The molecule has 0 saturated carbocycles. The molecule has 0 amide bonds. The first-order valence-electron chi connectivity index (χ1n) is 6.70. The molecule has 0 bridgehead atoms. The Morgan fingerprint density at radius 3 is 2.80 bits per heavy atom. The van der Waals surface area contributed by atoms with Gasteiger partial charge in [-0.2, -0.15) is 17.0 Å². The molecule has 1 aromatic rings. The topological polar surface area (TPSA) is 49.9 Å². The van der Waals surface area contributed by atoms with Gasteiger partial charge in [0.1, 0.15) is 0 Å². The summed E-state index contributed by atoms with van der Waals surface area (Å²) in [4.78, 5) is 1.09. The van der Waals surface area contributed by atoms with Gasteiger partial charge < -0.3 is 4.74 Å². The molecule has 0 radical (unpaired) electrons. The Labute approximate surface area is 125 Å². The Morgan fingerprint density at radius 2 is 2.20 bits per heavy atom. The van der Waals surface area contributed by atoms with Crippen molar-refractivity contribution < 1.29 is 13.2 Å². The van der Waals surface area contributed by atoms with Gasteiger partial charge in [-0.3, -0.25) is 0 Å². The monoisotopic (exact) mass is 318 g/mol. The van der Waals surface area contributed by atoms with Crippen LogP contribution in [0.25, 0.3) is 0 Å². The molecule has 1 aromatic heterocycles. The number of rotatable bonds is 4. The van der Waals surface area contributed by atoms with Crippen molar-refractivity contribution in [3.63, 3.8) is 0 Å². The summed E-state index contributed by atoms with van der Waals surface area (Å²) in [6, 6.07) is 1.89. The van der Waals surface area contributed by atoms with Crippen LogP contribution in [0, 0.1) is 6.92 Å². The summed E-state index contributed by atoms with van der Waals surface area (Å²) in [5.41, 5.74) is 1.14. The second-order valence-corrected chi connectivity index (χ2v) is 8.34. The van der Waals surface area contributed by atoms with Crippen LogP contribution in [0.1, 0.15) is 24.3 Å². The number of hydrogen-bond donors (Lipinski definition) is 0. The van der Waals surface area contributed by atoms with Crippen LogP contribution in [-0.2, 0) is 21.5 Å². The summed E-state index contributed by atoms with van der Waals surface area (Å²) >= 11 is 1.59. The summed E-state index contributed by atoms with van der Waals surface area (Å²) in [7, 11) is -1.80. The second kappa shape index (κ2) is 6.11. The maximum absolute atomic E-state index is 12.7. The molecule has 0 unspecified atom stereocenters. The van der Waals surface area contributed by atoms with E-state index in [-0.39, 0.29) is 12.1 Å². The van der Waals surface area contributed by atoms with Crippen LogP contribution in [-0.4, -0.2) is 49.4 Å². The molecule has 2 heterocycles. The van der Waals surface area contributed by atoms with Crippen LogP contribution >= 0.6 is 11.3 Å². The fraction of sp³-hybridized carbons (Fsp3) is 0.692. The van der Waals surface area contributed by atoms with Crippen LogP contribution in [0.3, 0.4) is 0 Å². The predicted octanol–water partition coefficient (Wildman–Crippen LogP) is 1.84. The summed E-state index contributed by atoms with van der Waals surface area (Å²) in [6.45, 7) is 7.07. The number of thiophene rings is 1. The van der Waals surface area contributed by atoms with Crippen molar-refractivity contribution in [1.29, 1.82) is 0 Å². The molecule has 1 fully saturated rings. The summed E-state index contributed by atoms with van der Waals surface area (Å²) < 4.78 is 33.8. The van der Waals surface area contributed by atoms with Crippen LogP contribution in [0.2, 0.25) is 0 Å². The van der Waals surface area contributed by atoms with E-state index in [1.165, 1.54) is 4.31 Å².